The van der Waals surface area contributed by atoms with Gasteiger partial charge in [-0.15, -0.1) is 0 Å². The van der Waals surface area contributed by atoms with E-state index in [4.69, 9.17) is 0 Å². The molecule has 6 heteroatoms. The van der Waals surface area contributed by atoms with Crippen LogP contribution < -0.4 is 5.32 Å². The molecule has 1 aliphatic heterocycles. The first kappa shape index (κ1) is 9.10. The molecule has 10 heavy (non-hydrogen) atoms. The molecule has 0 saturated carbocycles. The summed E-state index contributed by atoms with van der Waals surface area (Å²) < 4.78 is -0.250. The molecule has 0 aromatic carbocycles. The molecule has 0 aliphatic carbocycles. The fourth-order valence-electron chi connectivity index (χ4n) is 0.411. The van der Waals surface area contributed by atoms with Crippen molar-refractivity contribution in [1.82, 2.24) is 5.32 Å². The number of carbonyl (C=O) groups is 2. The zero-order valence-corrected chi connectivity index (χ0v) is 8.00. The molecule has 3 amide bonds. The average molecular weight is 192 g/mol. The van der Waals surface area contributed by atoms with Crippen molar-refractivity contribution in [3.05, 3.63) is 17.2 Å². The van der Waals surface area contributed by atoms with Gasteiger partial charge in [0, 0.05) is 19.5 Å². The molecular weight excluding hydrogens is 189 g/mol. The molecule has 0 saturated heterocycles. The third-order valence-electron chi connectivity index (χ3n) is 0.817. The number of hydrogen-bond acceptors (Lipinski definition) is 3. The Kier molecular flexibility index (Phi) is 3.02. The fourth-order valence-corrected chi connectivity index (χ4v) is 0.411. The SMILES string of the molecule is O=C1C=CNC(=O)[N+]1=O.[Zn]. The Bertz CT molecular complexity index is 223. The van der Waals surface area contributed by atoms with Crippen LogP contribution >= 0.6 is 0 Å². The van der Waals surface area contributed by atoms with E-state index in [1.807, 2.05) is 5.32 Å². The molecule has 48 valence electrons. The van der Waals surface area contributed by atoms with Gasteiger partial charge in [-0.3, -0.25) is 0 Å². The summed E-state index contributed by atoms with van der Waals surface area (Å²) in [5.41, 5.74) is 0. The van der Waals surface area contributed by atoms with Gasteiger partial charge in [0.15, 0.2) is 0 Å². The number of nitrogens with one attached hydrogen (secondary N) is 1. The predicted octanol–water partition coefficient (Wildman–Crippen LogP) is -0.474. The van der Waals surface area contributed by atoms with E-state index in [2.05, 4.69) is 0 Å². The number of rotatable bonds is 0. The summed E-state index contributed by atoms with van der Waals surface area (Å²) in [7, 11) is 0. The van der Waals surface area contributed by atoms with Crippen LogP contribution in [0.5, 0.6) is 0 Å². The maximum Gasteiger partial charge on any atom is 0.542 e. The normalized spacial score (nSPS) is 16.2. The van der Waals surface area contributed by atoms with E-state index in [1.54, 1.807) is 0 Å². The monoisotopic (exact) mass is 191 g/mol. The maximum atomic E-state index is 10.3. The van der Waals surface area contributed by atoms with Gasteiger partial charge >= 0.3 is 11.9 Å². The van der Waals surface area contributed by atoms with Crippen LogP contribution in [0, 0.1) is 4.91 Å². The van der Waals surface area contributed by atoms with Crippen molar-refractivity contribution >= 4 is 11.9 Å². The Balaban J connectivity index is 0.000000810. The van der Waals surface area contributed by atoms with Crippen molar-refractivity contribution < 1.29 is 33.8 Å². The van der Waals surface area contributed by atoms with Gasteiger partial charge in [0.05, 0.1) is 17.0 Å². The van der Waals surface area contributed by atoms with Crippen LogP contribution in [0.4, 0.5) is 4.79 Å². The third kappa shape index (κ3) is 1.54. The topological polar surface area (TPSA) is 66.2 Å². The van der Waals surface area contributed by atoms with Crippen LogP contribution in [0.2, 0.25) is 0 Å². The van der Waals surface area contributed by atoms with Crippen LogP contribution in [-0.4, -0.2) is 16.7 Å². The van der Waals surface area contributed by atoms with Crippen molar-refractivity contribution in [2.24, 2.45) is 0 Å². The fraction of sp³-hybridized carbons (Fsp3) is 0. The van der Waals surface area contributed by atoms with Crippen molar-refractivity contribution in [3.63, 3.8) is 0 Å². The van der Waals surface area contributed by atoms with E-state index in [1.165, 1.54) is 0 Å². The molecule has 1 aliphatic rings. The van der Waals surface area contributed by atoms with Crippen LogP contribution in [0.25, 0.3) is 0 Å². The molecule has 0 atom stereocenters. The average Bonchev–Trinajstić information content (AvgIpc) is 1.83. The van der Waals surface area contributed by atoms with Crippen LogP contribution in [-0.2, 0) is 24.3 Å². The molecule has 0 aromatic rings. The molecule has 5 nitrogen and oxygen atoms in total. The maximum absolute atomic E-state index is 10.3. The summed E-state index contributed by atoms with van der Waals surface area (Å²) in [6.07, 6.45) is 2.10. The minimum absolute atomic E-state index is 0. The summed E-state index contributed by atoms with van der Waals surface area (Å²) in [5, 5.41) is 2.04. The third-order valence-corrected chi connectivity index (χ3v) is 0.817. The molecule has 0 spiro atoms. The second kappa shape index (κ2) is 3.32. The minimum Gasteiger partial charge on any atom is -0.237 e. The van der Waals surface area contributed by atoms with Gasteiger partial charge in [-0.05, 0) is 0 Å². The first-order valence-corrected chi connectivity index (χ1v) is 2.20. The molecule has 1 rings (SSSR count). The molecule has 0 radical (unpaired) electrons. The van der Waals surface area contributed by atoms with E-state index in [-0.39, 0.29) is 24.2 Å². The number of nitrogens with zero attached hydrogens (tertiary/aromatic N) is 1. The quantitative estimate of drug-likeness (QED) is 0.417. The number of hydrogen-bond donors (Lipinski definition) is 1. The van der Waals surface area contributed by atoms with Crippen molar-refractivity contribution in [2.45, 2.75) is 0 Å². The summed E-state index contributed by atoms with van der Waals surface area (Å²) in [6, 6.07) is -0.942. The van der Waals surface area contributed by atoms with Crippen molar-refractivity contribution in [1.29, 1.82) is 0 Å². The largest absolute Gasteiger partial charge is 0.542 e. The number of carbonyl (C=O) groups excluding carboxylic acids is 2. The van der Waals surface area contributed by atoms with E-state index in [0.717, 1.165) is 12.3 Å². The summed E-state index contributed by atoms with van der Waals surface area (Å²) in [4.78, 5) is 30.7. The molecule has 1 heterocycles. The summed E-state index contributed by atoms with van der Waals surface area (Å²) >= 11 is 0. The molecule has 0 unspecified atom stereocenters. The zero-order valence-electron chi connectivity index (χ0n) is 5.03. The van der Waals surface area contributed by atoms with Crippen LogP contribution in [0.1, 0.15) is 0 Å². The Morgan fingerprint density at radius 1 is 1.40 bits per heavy atom. The molecule has 0 bridgehead atoms. The smallest absolute Gasteiger partial charge is 0.237 e. The van der Waals surface area contributed by atoms with E-state index < -0.39 is 11.9 Å². The second-order valence-electron chi connectivity index (χ2n) is 1.42. The molecule has 0 aromatic heterocycles. The standard InChI is InChI=1S/C4H2N2O3.Zn/c7-3-1-2-5-4(8)6(3)9;/h1-2H;/p+1. The predicted molar refractivity (Wildman–Crippen MR) is 26.3 cm³/mol. The van der Waals surface area contributed by atoms with E-state index >= 15 is 0 Å². The number of imide groups is 1. The number of amides is 3. The van der Waals surface area contributed by atoms with E-state index in [0.29, 0.717) is 0 Å². The van der Waals surface area contributed by atoms with Gasteiger partial charge < -0.3 is 0 Å². The van der Waals surface area contributed by atoms with Gasteiger partial charge in [0.25, 0.3) is 0 Å². The van der Waals surface area contributed by atoms with Gasteiger partial charge in [-0.25, -0.2) is 10.1 Å². The van der Waals surface area contributed by atoms with Crippen LogP contribution in [0.15, 0.2) is 12.3 Å². The Morgan fingerprint density at radius 3 is 2.40 bits per heavy atom. The first-order valence-electron chi connectivity index (χ1n) is 2.20. The first-order chi connectivity index (χ1) is 4.22. The number of urea groups is 1. The second-order valence-corrected chi connectivity index (χ2v) is 1.42. The van der Waals surface area contributed by atoms with Gasteiger partial charge in [0.2, 0.25) is 0 Å². The van der Waals surface area contributed by atoms with Crippen molar-refractivity contribution in [3.8, 4) is 0 Å². The minimum atomic E-state index is -0.942. The van der Waals surface area contributed by atoms with E-state index in [9.17, 15) is 14.5 Å². The Hall–Kier alpha value is -0.897. The molecular formula is C4H3N2O3Zn+. The van der Waals surface area contributed by atoms with Gasteiger partial charge in [-0.2, -0.15) is 4.79 Å². The van der Waals surface area contributed by atoms with Gasteiger partial charge in [-0.1, -0.05) is 4.91 Å². The van der Waals surface area contributed by atoms with Crippen LogP contribution in [0.3, 0.4) is 0 Å². The molecule has 0 fully saturated rings. The summed E-state index contributed by atoms with van der Waals surface area (Å²) in [6.45, 7) is 0. The van der Waals surface area contributed by atoms with Gasteiger partial charge in [0.1, 0.15) is 0 Å². The zero-order chi connectivity index (χ0) is 6.85. The Morgan fingerprint density at radius 2 is 2.00 bits per heavy atom. The van der Waals surface area contributed by atoms with Crippen molar-refractivity contribution in [2.75, 3.05) is 0 Å². The molecule has 1 N–H and O–H groups in total. The summed E-state index contributed by atoms with van der Waals surface area (Å²) in [5.74, 6) is -0.848. The number of nitroso groups, excluding NO2 is 1. The Labute approximate surface area is 68.8 Å².